The van der Waals surface area contributed by atoms with E-state index in [1.807, 2.05) is 13.8 Å². The van der Waals surface area contributed by atoms with Crippen LogP contribution in [0.25, 0.3) is 0 Å². The maximum absolute atomic E-state index is 9.12. The number of hydrogen-bond donors (Lipinski definition) is 1. The molecule has 11 heavy (non-hydrogen) atoms. The standard InChI is InChI=1S/C8H18O3/c1-4-6-11-8(7(3)9)10-5-2/h7-9H,4-6H2,1-3H3. The summed E-state index contributed by atoms with van der Waals surface area (Å²) in [6, 6.07) is 0. The van der Waals surface area contributed by atoms with Crippen LogP contribution in [-0.4, -0.2) is 30.7 Å². The lowest BCUT2D eigenvalue weighted by Crippen LogP contribution is -2.29. The Labute approximate surface area is 68.3 Å². The third kappa shape index (κ3) is 5.18. The van der Waals surface area contributed by atoms with E-state index in [4.69, 9.17) is 14.6 Å². The molecule has 2 atom stereocenters. The van der Waals surface area contributed by atoms with Crippen LogP contribution in [-0.2, 0) is 9.47 Å². The second-order valence-corrected chi connectivity index (χ2v) is 2.44. The van der Waals surface area contributed by atoms with E-state index in [0.717, 1.165) is 6.42 Å². The van der Waals surface area contributed by atoms with Crippen molar-refractivity contribution in [2.75, 3.05) is 13.2 Å². The van der Waals surface area contributed by atoms with Crippen molar-refractivity contribution < 1.29 is 14.6 Å². The number of hydrogen-bond acceptors (Lipinski definition) is 3. The Morgan fingerprint density at radius 2 is 1.91 bits per heavy atom. The zero-order valence-corrected chi connectivity index (χ0v) is 7.54. The van der Waals surface area contributed by atoms with Gasteiger partial charge in [0.1, 0.15) is 6.10 Å². The first-order valence-electron chi connectivity index (χ1n) is 4.13. The lowest BCUT2D eigenvalue weighted by Gasteiger charge is -2.19. The maximum atomic E-state index is 9.12. The van der Waals surface area contributed by atoms with Crippen LogP contribution in [0.2, 0.25) is 0 Å². The van der Waals surface area contributed by atoms with Crippen LogP contribution < -0.4 is 0 Å². The van der Waals surface area contributed by atoms with E-state index in [1.165, 1.54) is 0 Å². The summed E-state index contributed by atoms with van der Waals surface area (Å²) in [6.45, 7) is 6.76. The summed E-state index contributed by atoms with van der Waals surface area (Å²) >= 11 is 0. The Bertz CT molecular complexity index is 83.4. The molecule has 3 nitrogen and oxygen atoms in total. The molecule has 1 N–H and O–H groups in total. The molecule has 0 heterocycles. The summed E-state index contributed by atoms with van der Waals surface area (Å²) in [5, 5.41) is 9.12. The number of aliphatic hydroxyl groups is 1. The summed E-state index contributed by atoms with van der Waals surface area (Å²) in [5.41, 5.74) is 0. The minimum atomic E-state index is -0.554. The fraction of sp³-hybridized carbons (Fsp3) is 1.00. The fourth-order valence-corrected chi connectivity index (χ4v) is 0.725. The molecule has 0 radical (unpaired) electrons. The van der Waals surface area contributed by atoms with Crippen molar-refractivity contribution in [3.63, 3.8) is 0 Å². The van der Waals surface area contributed by atoms with E-state index < -0.39 is 12.4 Å². The van der Waals surface area contributed by atoms with E-state index in [2.05, 4.69) is 0 Å². The highest BCUT2D eigenvalue weighted by Gasteiger charge is 2.13. The number of rotatable bonds is 6. The molecule has 0 saturated carbocycles. The van der Waals surface area contributed by atoms with Crippen molar-refractivity contribution >= 4 is 0 Å². The van der Waals surface area contributed by atoms with E-state index in [9.17, 15) is 0 Å². The van der Waals surface area contributed by atoms with Gasteiger partial charge in [-0.15, -0.1) is 0 Å². The number of ether oxygens (including phenoxy) is 2. The molecular formula is C8H18O3. The summed E-state index contributed by atoms with van der Waals surface area (Å²) in [4.78, 5) is 0. The fourth-order valence-electron chi connectivity index (χ4n) is 0.725. The topological polar surface area (TPSA) is 38.7 Å². The minimum absolute atomic E-state index is 0.458. The molecular weight excluding hydrogens is 144 g/mol. The third-order valence-corrected chi connectivity index (χ3v) is 1.21. The highest BCUT2D eigenvalue weighted by molar-refractivity contribution is 4.51. The molecule has 0 aliphatic rings. The lowest BCUT2D eigenvalue weighted by atomic mass is 10.4. The Hall–Kier alpha value is -0.120. The van der Waals surface area contributed by atoms with Crippen molar-refractivity contribution in [1.29, 1.82) is 0 Å². The second-order valence-electron chi connectivity index (χ2n) is 2.44. The van der Waals surface area contributed by atoms with Crippen molar-refractivity contribution in [2.24, 2.45) is 0 Å². The predicted molar refractivity (Wildman–Crippen MR) is 43.3 cm³/mol. The van der Waals surface area contributed by atoms with Gasteiger partial charge in [-0.05, 0) is 20.3 Å². The second kappa shape index (κ2) is 6.58. The Morgan fingerprint density at radius 3 is 2.27 bits per heavy atom. The highest BCUT2D eigenvalue weighted by atomic mass is 16.7. The quantitative estimate of drug-likeness (QED) is 0.595. The van der Waals surface area contributed by atoms with Gasteiger partial charge in [0.25, 0.3) is 0 Å². The monoisotopic (exact) mass is 162 g/mol. The van der Waals surface area contributed by atoms with Crippen molar-refractivity contribution in [1.82, 2.24) is 0 Å². The van der Waals surface area contributed by atoms with Crippen molar-refractivity contribution in [2.45, 2.75) is 39.6 Å². The van der Waals surface area contributed by atoms with Gasteiger partial charge < -0.3 is 14.6 Å². The van der Waals surface area contributed by atoms with Gasteiger partial charge in [-0.2, -0.15) is 0 Å². The van der Waals surface area contributed by atoms with Gasteiger partial charge in [0.2, 0.25) is 0 Å². The normalized spacial score (nSPS) is 16.4. The van der Waals surface area contributed by atoms with Crippen LogP contribution in [0.15, 0.2) is 0 Å². The Kier molecular flexibility index (Phi) is 6.51. The van der Waals surface area contributed by atoms with E-state index in [1.54, 1.807) is 6.92 Å². The van der Waals surface area contributed by atoms with Gasteiger partial charge >= 0.3 is 0 Å². The van der Waals surface area contributed by atoms with E-state index >= 15 is 0 Å². The molecule has 0 aromatic carbocycles. The van der Waals surface area contributed by atoms with Gasteiger partial charge in [0.05, 0.1) is 0 Å². The zero-order valence-electron chi connectivity index (χ0n) is 7.54. The maximum Gasteiger partial charge on any atom is 0.183 e. The Balaban J connectivity index is 3.51. The molecule has 0 saturated heterocycles. The Morgan fingerprint density at radius 1 is 1.27 bits per heavy atom. The van der Waals surface area contributed by atoms with Gasteiger partial charge in [0, 0.05) is 13.2 Å². The van der Waals surface area contributed by atoms with Gasteiger partial charge in [-0.1, -0.05) is 6.92 Å². The van der Waals surface area contributed by atoms with E-state index in [-0.39, 0.29) is 0 Å². The summed E-state index contributed by atoms with van der Waals surface area (Å²) in [6.07, 6.45) is -0.0718. The van der Waals surface area contributed by atoms with Gasteiger partial charge in [-0.25, -0.2) is 0 Å². The summed E-state index contributed by atoms with van der Waals surface area (Å²) in [7, 11) is 0. The lowest BCUT2D eigenvalue weighted by molar-refractivity contribution is -0.187. The predicted octanol–water partition coefficient (Wildman–Crippen LogP) is 1.16. The first-order valence-corrected chi connectivity index (χ1v) is 4.13. The molecule has 0 aliphatic heterocycles. The smallest absolute Gasteiger partial charge is 0.183 e. The SMILES string of the molecule is CCCOC(OCC)C(C)O. The molecule has 0 bridgehead atoms. The zero-order chi connectivity index (χ0) is 8.69. The van der Waals surface area contributed by atoms with Crippen molar-refractivity contribution in [3.05, 3.63) is 0 Å². The summed E-state index contributed by atoms with van der Waals surface area (Å²) < 4.78 is 10.4. The molecule has 68 valence electrons. The van der Waals surface area contributed by atoms with Crippen LogP contribution in [0.3, 0.4) is 0 Å². The third-order valence-electron chi connectivity index (χ3n) is 1.21. The van der Waals surface area contributed by atoms with Crippen LogP contribution in [0.1, 0.15) is 27.2 Å². The molecule has 0 spiro atoms. The van der Waals surface area contributed by atoms with Crippen LogP contribution in [0.4, 0.5) is 0 Å². The van der Waals surface area contributed by atoms with Crippen molar-refractivity contribution in [3.8, 4) is 0 Å². The average Bonchev–Trinajstić information content (AvgIpc) is 1.97. The van der Waals surface area contributed by atoms with Crippen LogP contribution in [0.5, 0.6) is 0 Å². The molecule has 2 unspecified atom stereocenters. The molecule has 0 aliphatic carbocycles. The highest BCUT2D eigenvalue weighted by Crippen LogP contribution is 2.01. The molecule has 0 amide bonds. The molecule has 0 aromatic heterocycles. The average molecular weight is 162 g/mol. The molecule has 0 fully saturated rings. The summed E-state index contributed by atoms with van der Waals surface area (Å²) in [5.74, 6) is 0. The van der Waals surface area contributed by atoms with E-state index in [0.29, 0.717) is 13.2 Å². The van der Waals surface area contributed by atoms with Crippen LogP contribution in [0, 0.1) is 0 Å². The van der Waals surface area contributed by atoms with Gasteiger partial charge in [0.15, 0.2) is 6.29 Å². The largest absolute Gasteiger partial charge is 0.388 e. The first-order chi connectivity index (χ1) is 5.22. The van der Waals surface area contributed by atoms with Gasteiger partial charge in [-0.3, -0.25) is 0 Å². The first kappa shape index (κ1) is 10.9. The molecule has 3 heteroatoms. The molecule has 0 aromatic rings. The van der Waals surface area contributed by atoms with Crippen LogP contribution >= 0.6 is 0 Å². The number of aliphatic hydroxyl groups excluding tert-OH is 1. The minimum Gasteiger partial charge on any atom is -0.388 e. The molecule has 0 rings (SSSR count).